The number of pyridine rings is 1. The number of ether oxygens (including phenoxy) is 2. The molecular weight excluding hydrogens is 310 g/mol. The molecule has 0 saturated heterocycles. The van der Waals surface area contributed by atoms with Gasteiger partial charge in [0, 0.05) is 18.3 Å². The van der Waals surface area contributed by atoms with E-state index in [9.17, 15) is 9.90 Å². The molecule has 24 heavy (non-hydrogen) atoms. The summed E-state index contributed by atoms with van der Waals surface area (Å²) in [5, 5.41) is 15.6. The first kappa shape index (κ1) is 17.6. The lowest BCUT2D eigenvalue weighted by molar-refractivity contribution is 0.169. The quantitative estimate of drug-likeness (QED) is 0.717. The van der Waals surface area contributed by atoms with Crippen molar-refractivity contribution >= 4 is 6.03 Å². The number of carbonyl (C=O) groups is 1. The maximum absolute atomic E-state index is 11.8. The Morgan fingerprint density at radius 1 is 1.21 bits per heavy atom. The van der Waals surface area contributed by atoms with Gasteiger partial charge in [-0.2, -0.15) is 0 Å². The number of aromatic nitrogens is 1. The van der Waals surface area contributed by atoms with Crippen LogP contribution in [-0.2, 0) is 6.54 Å². The summed E-state index contributed by atoms with van der Waals surface area (Å²) in [6.07, 6.45) is 0.740. The van der Waals surface area contributed by atoms with Gasteiger partial charge in [-0.3, -0.25) is 4.98 Å². The van der Waals surface area contributed by atoms with Crippen molar-refractivity contribution in [2.45, 2.75) is 12.6 Å². The van der Waals surface area contributed by atoms with Crippen LogP contribution in [0.1, 0.15) is 17.4 Å². The van der Waals surface area contributed by atoms with Gasteiger partial charge in [-0.1, -0.05) is 6.07 Å². The summed E-state index contributed by atoms with van der Waals surface area (Å²) in [7, 11) is 3.06. The van der Waals surface area contributed by atoms with Crippen LogP contribution in [0.4, 0.5) is 4.79 Å². The van der Waals surface area contributed by atoms with Gasteiger partial charge in [-0.25, -0.2) is 4.79 Å². The molecular formula is C17H21N3O4. The van der Waals surface area contributed by atoms with E-state index in [1.165, 1.54) is 7.11 Å². The summed E-state index contributed by atoms with van der Waals surface area (Å²) in [5.41, 5.74) is 1.30. The first-order chi connectivity index (χ1) is 11.6. The molecule has 1 heterocycles. The average molecular weight is 331 g/mol. The van der Waals surface area contributed by atoms with Gasteiger partial charge in [0.2, 0.25) is 0 Å². The van der Waals surface area contributed by atoms with E-state index in [0.717, 1.165) is 5.69 Å². The van der Waals surface area contributed by atoms with Crippen LogP contribution in [0.15, 0.2) is 42.6 Å². The Morgan fingerprint density at radius 2 is 2.04 bits per heavy atom. The number of amides is 2. The van der Waals surface area contributed by atoms with Crippen LogP contribution in [0.25, 0.3) is 0 Å². The summed E-state index contributed by atoms with van der Waals surface area (Å²) in [4.78, 5) is 15.9. The van der Waals surface area contributed by atoms with Gasteiger partial charge in [-0.05, 0) is 30.3 Å². The zero-order valence-corrected chi connectivity index (χ0v) is 13.7. The lowest BCUT2D eigenvalue weighted by Crippen LogP contribution is -2.37. The van der Waals surface area contributed by atoms with Crippen LogP contribution in [0.3, 0.4) is 0 Å². The molecule has 0 aliphatic rings. The molecule has 0 unspecified atom stereocenters. The third-order valence-electron chi connectivity index (χ3n) is 3.41. The summed E-state index contributed by atoms with van der Waals surface area (Å²) in [5.74, 6) is 1.13. The largest absolute Gasteiger partial charge is 0.497 e. The molecule has 0 spiro atoms. The van der Waals surface area contributed by atoms with E-state index >= 15 is 0 Å². The van der Waals surface area contributed by atoms with Crippen molar-refractivity contribution in [1.29, 1.82) is 0 Å². The van der Waals surface area contributed by atoms with Crippen LogP contribution < -0.4 is 20.1 Å². The first-order valence-electron chi connectivity index (χ1n) is 7.45. The van der Waals surface area contributed by atoms with Gasteiger partial charge in [0.1, 0.15) is 17.6 Å². The Balaban J connectivity index is 1.88. The summed E-state index contributed by atoms with van der Waals surface area (Å²) < 4.78 is 10.4. The Labute approximate surface area is 140 Å². The second kappa shape index (κ2) is 8.73. The predicted octanol–water partition coefficient (Wildman–Crippen LogP) is 1.63. The molecule has 0 radical (unpaired) electrons. The second-order valence-corrected chi connectivity index (χ2v) is 5.01. The number of nitrogens with zero attached hydrogens (tertiary/aromatic N) is 1. The van der Waals surface area contributed by atoms with Crippen molar-refractivity contribution in [3.8, 4) is 11.5 Å². The molecule has 7 heteroatoms. The van der Waals surface area contributed by atoms with Crippen molar-refractivity contribution in [2.75, 3.05) is 20.8 Å². The molecule has 1 atom stereocenters. The van der Waals surface area contributed by atoms with E-state index < -0.39 is 6.10 Å². The molecule has 0 saturated carbocycles. The number of benzene rings is 1. The number of urea groups is 1. The van der Waals surface area contributed by atoms with Crippen molar-refractivity contribution < 1.29 is 19.4 Å². The zero-order chi connectivity index (χ0) is 17.4. The van der Waals surface area contributed by atoms with Gasteiger partial charge in [0.05, 0.1) is 26.5 Å². The minimum Gasteiger partial charge on any atom is -0.497 e. The fourth-order valence-electron chi connectivity index (χ4n) is 2.14. The monoisotopic (exact) mass is 331 g/mol. The molecule has 1 aromatic heterocycles. The number of aliphatic hydroxyl groups is 1. The molecule has 2 rings (SSSR count). The Hall–Kier alpha value is -2.80. The number of methoxy groups -OCH3 is 2. The SMILES string of the molecule is COc1ccc(OC)c([C@H](O)CNC(=O)NCc2ccccn2)c1. The first-order valence-corrected chi connectivity index (χ1v) is 7.45. The van der Waals surface area contributed by atoms with Crippen molar-refractivity contribution in [1.82, 2.24) is 15.6 Å². The van der Waals surface area contributed by atoms with Crippen molar-refractivity contribution in [3.05, 3.63) is 53.9 Å². The maximum atomic E-state index is 11.8. The molecule has 0 fully saturated rings. The van der Waals surface area contributed by atoms with Crippen LogP contribution in [0.5, 0.6) is 11.5 Å². The number of rotatable bonds is 7. The van der Waals surface area contributed by atoms with E-state index in [0.29, 0.717) is 23.6 Å². The summed E-state index contributed by atoms with van der Waals surface area (Å²) in [6.45, 7) is 0.350. The van der Waals surface area contributed by atoms with E-state index in [2.05, 4.69) is 15.6 Å². The van der Waals surface area contributed by atoms with Gasteiger partial charge in [0.25, 0.3) is 0 Å². The third-order valence-corrected chi connectivity index (χ3v) is 3.41. The smallest absolute Gasteiger partial charge is 0.315 e. The van der Waals surface area contributed by atoms with Crippen LogP contribution in [0.2, 0.25) is 0 Å². The highest BCUT2D eigenvalue weighted by Gasteiger charge is 2.15. The average Bonchev–Trinajstić information content (AvgIpc) is 2.64. The fraction of sp³-hybridized carbons (Fsp3) is 0.294. The second-order valence-electron chi connectivity index (χ2n) is 5.01. The Morgan fingerprint density at radius 3 is 2.71 bits per heavy atom. The zero-order valence-electron chi connectivity index (χ0n) is 13.7. The molecule has 0 aliphatic carbocycles. The van der Waals surface area contributed by atoms with Crippen LogP contribution in [0, 0.1) is 0 Å². The van der Waals surface area contributed by atoms with Crippen LogP contribution >= 0.6 is 0 Å². The third kappa shape index (κ3) is 4.85. The number of carbonyl (C=O) groups excluding carboxylic acids is 1. The number of nitrogens with one attached hydrogen (secondary N) is 2. The van der Waals surface area contributed by atoms with E-state index in [-0.39, 0.29) is 12.6 Å². The molecule has 0 bridgehead atoms. The minimum atomic E-state index is -0.921. The van der Waals surface area contributed by atoms with Gasteiger partial charge < -0.3 is 25.2 Å². The number of hydrogen-bond acceptors (Lipinski definition) is 5. The van der Waals surface area contributed by atoms with Crippen molar-refractivity contribution in [3.63, 3.8) is 0 Å². The predicted molar refractivity (Wildman–Crippen MR) is 89.0 cm³/mol. The summed E-state index contributed by atoms with van der Waals surface area (Å²) in [6, 6.07) is 10.2. The molecule has 2 aromatic rings. The van der Waals surface area contributed by atoms with Crippen LogP contribution in [-0.4, -0.2) is 36.9 Å². The molecule has 128 valence electrons. The molecule has 3 N–H and O–H groups in total. The molecule has 2 amide bonds. The molecule has 0 aliphatic heterocycles. The minimum absolute atomic E-state index is 0.0393. The van der Waals surface area contributed by atoms with Gasteiger partial charge >= 0.3 is 6.03 Å². The standard InChI is InChI=1S/C17H21N3O4/c1-23-13-6-7-16(24-2)14(9-13)15(21)11-20-17(22)19-10-12-5-3-4-8-18-12/h3-9,15,21H,10-11H2,1-2H3,(H2,19,20,22)/t15-/m1/s1. The highest BCUT2D eigenvalue weighted by Crippen LogP contribution is 2.28. The molecule has 1 aromatic carbocycles. The van der Waals surface area contributed by atoms with E-state index in [1.807, 2.05) is 12.1 Å². The Bertz CT molecular complexity index is 664. The lowest BCUT2D eigenvalue weighted by atomic mass is 10.1. The normalized spacial score (nSPS) is 11.5. The lowest BCUT2D eigenvalue weighted by Gasteiger charge is -2.16. The number of aliphatic hydroxyl groups excluding tert-OH is 1. The van der Waals surface area contributed by atoms with E-state index in [4.69, 9.17) is 9.47 Å². The topological polar surface area (TPSA) is 92.7 Å². The molecule has 7 nitrogen and oxygen atoms in total. The Kier molecular flexibility index (Phi) is 6.39. The van der Waals surface area contributed by atoms with Crippen molar-refractivity contribution in [2.24, 2.45) is 0 Å². The number of hydrogen-bond donors (Lipinski definition) is 3. The summed E-state index contributed by atoms with van der Waals surface area (Å²) >= 11 is 0. The highest BCUT2D eigenvalue weighted by molar-refractivity contribution is 5.73. The maximum Gasteiger partial charge on any atom is 0.315 e. The van der Waals surface area contributed by atoms with E-state index in [1.54, 1.807) is 37.6 Å². The van der Waals surface area contributed by atoms with Gasteiger partial charge in [-0.15, -0.1) is 0 Å². The van der Waals surface area contributed by atoms with Gasteiger partial charge in [0.15, 0.2) is 0 Å². The highest BCUT2D eigenvalue weighted by atomic mass is 16.5. The fourth-order valence-corrected chi connectivity index (χ4v) is 2.14.